The molecule has 0 saturated heterocycles. The van der Waals surface area contributed by atoms with E-state index in [1.165, 1.54) is 18.2 Å². The molecule has 21 heavy (non-hydrogen) atoms. The number of nitrogens with zero attached hydrogens (tertiary/aromatic N) is 1. The van der Waals surface area contributed by atoms with Gasteiger partial charge in [0.1, 0.15) is 5.56 Å². The summed E-state index contributed by atoms with van der Waals surface area (Å²) in [5.41, 5.74) is 0.331. The van der Waals surface area contributed by atoms with E-state index in [1.54, 1.807) is 18.2 Å². The van der Waals surface area contributed by atoms with Crippen LogP contribution in [-0.4, -0.2) is 16.0 Å². The number of nitro benzene ring substituents is 1. The lowest BCUT2D eigenvalue weighted by Crippen LogP contribution is -2.03. The van der Waals surface area contributed by atoms with Crippen LogP contribution in [0.3, 0.4) is 0 Å². The molecule has 8 heteroatoms. The molecule has 2 N–H and O–H groups in total. The molecule has 6 nitrogen and oxygen atoms in total. The van der Waals surface area contributed by atoms with Crippen LogP contribution in [0, 0.1) is 13.7 Å². The zero-order valence-corrected chi connectivity index (χ0v) is 13.3. The first-order chi connectivity index (χ1) is 9.88. The molecule has 0 bridgehead atoms. The van der Waals surface area contributed by atoms with Crippen molar-refractivity contribution in [3.05, 3.63) is 60.7 Å². The molecule has 0 aromatic heterocycles. The van der Waals surface area contributed by atoms with Crippen molar-refractivity contribution in [1.82, 2.24) is 0 Å². The van der Waals surface area contributed by atoms with E-state index in [4.69, 9.17) is 16.7 Å². The van der Waals surface area contributed by atoms with Crippen LogP contribution < -0.4 is 5.32 Å². The first-order valence-corrected chi connectivity index (χ1v) is 7.08. The molecule has 0 amide bonds. The van der Waals surface area contributed by atoms with Gasteiger partial charge >= 0.3 is 5.97 Å². The zero-order chi connectivity index (χ0) is 15.6. The van der Waals surface area contributed by atoms with Crippen molar-refractivity contribution in [2.75, 3.05) is 5.32 Å². The van der Waals surface area contributed by atoms with E-state index in [0.29, 0.717) is 10.7 Å². The Kier molecular flexibility index (Phi) is 4.63. The van der Waals surface area contributed by atoms with E-state index >= 15 is 0 Å². The van der Waals surface area contributed by atoms with Crippen LogP contribution in [0.15, 0.2) is 36.4 Å². The van der Waals surface area contributed by atoms with Crippen LogP contribution in [0.4, 0.5) is 17.1 Å². The molecule has 0 aliphatic carbocycles. The van der Waals surface area contributed by atoms with Crippen molar-refractivity contribution in [1.29, 1.82) is 0 Å². The van der Waals surface area contributed by atoms with Gasteiger partial charge < -0.3 is 10.4 Å². The first kappa shape index (κ1) is 15.5. The van der Waals surface area contributed by atoms with Gasteiger partial charge in [-0.15, -0.1) is 0 Å². The van der Waals surface area contributed by atoms with Gasteiger partial charge in [0.25, 0.3) is 5.69 Å². The molecule has 0 saturated carbocycles. The Morgan fingerprint density at radius 3 is 2.57 bits per heavy atom. The summed E-state index contributed by atoms with van der Waals surface area (Å²) >= 11 is 7.93. The number of hydrogen-bond acceptors (Lipinski definition) is 4. The average Bonchev–Trinajstić information content (AvgIpc) is 2.41. The largest absolute Gasteiger partial charge is 0.477 e. The SMILES string of the molecule is O=C(O)c1ccc(Nc2ccc(Cl)cc2I)cc1[N+](=O)[O-]. The van der Waals surface area contributed by atoms with E-state index in [9.17, 15) is 14.9 Å². The Morgan fingerprint density at radius 1 is 1.29 bits per heavy atom. The number of anilines is 2. The maximum atomic E-state index is 10.9. The zero-order valence-electron chi connectivity index (χ0n) is 10.3. The van der Waals surface area contributed by atoms with Gasteiger partial charge in [0.15, 0.2) is 0 Å². The summed E-state index contributed by atoms with van der Waals surface area (Å²) in [6, 6.07) is 9.03. The molecular weight excluding hydrogens is 411 g/mol. The molecule has 108 valence electrons. The van der Waals surface area contributed by atoms with Gasteiger partial charge in [0.2, 0.25) is 0 Å². The third-order valence-corrected chi connectivity index (χ3v) is 3.76. The number of halogens is 2. The molecule has 0 radical (unpaired) electrons. The van der Waals surface area contributed by atoms with Gasteiger partial charge in [-0.1, -0.05) is 11.6 Å². The monoisotopic (exact) mass is 418 g/mol. The van der Waals surface area contributed by atoms with Gasteiger partial charge in [-0.05, 0) is 52.9 Å². The van der Waals surface area contributed by atoms with E-state index < -0.39 is 16.6 Å². The van der Waals surface area contributed by atoms with Crippen molar-refractivity contribution in [2.24, 2.45) is 0 Å². The molecule has 2 rings (SSSR count). The number of nitrogens with one attached hydrogen (secondary N) is 1. The lowest BCUT2D eigenvalue weighted by Gasteiger charge is -2.09. The summed E-state index contributed by atoms with van der Waals surface area (Å²) < 4.78 is 0.838. The molecule has 0 atom stereocenters. The van der Waals surface area contributed by atoms with Crippen LogP contribution in [0.2, 0.25) is 5.02 Å². The molecule has 0 unspecified atom stereocenters. The Bertz CT molecular complexity index is 736. The van der Waals surface area contributed by atoms with Gasteiger partial charge in [0, 0.05) is 20.3 Å². The summed E-state index contributed by atoms with van der Waals surface area (Å²) in [5, 5.41) is 23.4. The van der Waals surface area contributed by atoms with Gasteiger partial charge in [-0.3, -0.25) is 10.1 Å². The van der Waals surface area contributed by atoms with Crippen molar-refractivity contribution in [2.45, 2.75) is 0 Å². The molecule has 0 aliphatic heterocycles. The van der Waals surface area contributed by atoms with Crippen LogP contribution in [0.1, 0.15) is 10.4 Å². The minimum atomic E-state index is -1.34. The fraction of sp³-hybridized carbons (Fsp3) is 0. The third kappa shape index (κ3) is 3.61. The molecule has 0 fully saturated rings. The number of benzene rings is 2. The van der Waals surface area contributed by atoms with E-state index in [1.807, 2.05) is 0 Å². The van der Waals surface area contributed by atoms with Crippen LogP contribution in [0.5, 0.6) is 0 Å². The van der Waals surface area contributed by atoms with Crippen LogP contribution >= 0.6 is 34.2 Å². The lowest BCUT2D eigenvalue weighted by molar-refractivity contribution is -0.385. The normalized spacial score (nSPS) is 10.2. The average molecular weight is 419 g/mol. The van der Waals surface area contributed by atoms with Crippen molar-refractivity contribution in [3.63, 3.8) is 0 Å². The number of nitro groups is 1. The minimum Gasteiger partial charge on any atom is -0.477 e. The number of carboxylic acids is 1. The highest BCUT2D eigenvalue weighted by Crippen LogP contribution is 2.29. The van der Waals surface area contributed by atoms with Crippen molar-refractivity contribution >= 4 is 57.2 Å². The standard InChI is InChI=1S/C13H8ClIN2O4/c14-7-1-4-11(10(15)5-7)16-8-2-3-9(13(18)19)12(6-8)17(20)21/h1-6,16H,(H,18,19). The number of carboxylic acid groups (broad SMARTS) is 1. The fourth-order valence-corrected chi connectivity index (χ4v) is 2.69. The number of rotatable bonds is 4. The molecule has 0 aliphatic rings. The predicted molar refractivity (Wildman–Crippen MR) is 87.5 cm³/mol. The molecule has 2 aromatic carbocycles. The minimum absolute atomic E-state index is 0.351. The van der Waals surface area contributed by atoms with Crippen molar-refractivity contribution in [3.8, 4) is 0 Å². The van der Waals surface area contributed by atoms with Crippen molar-refractivity contribution < 1.29 is 14.8 Å². The number of hydrogen-bond donors (Lipinski definition) is 2. The summed E-state index contributed by atoms with van der Waals surface area (Å²) in [6.07, 6.45) is 0. The van der Waals surface area contributed by atoms with Crippen LogP contribution in [0.25, 0.3) is 0 Å². The molecule has 2 aromatic rings. The third-order valence-electron chi connectivity index (χ3n) is 2.63. The highest BCUT2D eigenvalue weighted by atomic mass is 127. The molecule has 0 heterocycles. The second kappa shape index (κ2) is 6.27. The number of carbonyl (C=O) groups is 1. The number of aromatic carboxylic acids is 1. The topological polar surface area (TPSA) is 92.5 Å². The highest BCUT2D eigenvalue weighted by Gasteiger charge is 2.20. The summed E-state index contributed by atoms with van der Waals surface area (Å²) in [7, 11) is 0. The molecular formula is C13H8ClIN2O4. The maximum Gasteiger partial charge on any atom is 0.342 e. The van der Waals surface area contributed by atoms with Gasteiger partial charge in [0.05, 0.1) is 10.6 Å². The fourth-order valence-electron chi connectivity index (χ4n) is 1.69. The second-order valence-electron chi connectivity index (χ2n) is 4.04. The Morgan fingerprint density at radius 2 is 2.00 bits per heavy atom. The summed E-state index contributed by atoms with van der Waals surface area (Å²) in [5.74, 6) is -1.34. The lowest BCUT2D eigenvalue weighted by atomic mass is 10.1. The Balaban J connectivity index is 2.39. The smallest absolute Gasteiger partial charge is 0.342 e. The van der Waals surface area contributed by atoms with E-state index in [-0.39, 0.29) is 5.56 Å². The van der Waals surface area contributed by atoms with Crippen LogP contribution in [-0.2, 0) is 0 Å². The Labute approximate surface area is 138 Å². The maximum absolute atomic E-state index is 10.9. The van der Waals surface area contributed by atoms with E-state index in [0.717, 1.165) is 9.26 Å². The first-order valence-electron chi connectivity index (χ1n) is 5.62. The Hall–Kier alpha value is -1.87. The van der Waals surface area contributed by atoms with Gasteiger partial charge in [-0.25, -0.2) is 4.79 Å². The van der Waals surface area contributed by atoms with E-state index in [2.05, 4.69) is 27.9 Å². The highest BCUT2D eigenvalue weighted by molar-refractivity contribution is 14.1. The summed E-state index contributed by atoms with van der Waals surface area (Å²) in [6.45, 7) is 0. The predicted octanol–water partition coefficient (Wildman–Crippen LogP) is 4.29. The van der Waals surface area contributed by atoms with Gasteiger partial charge in [-0.2, -0.15) is 0 Å². The quantitative estimate of drug-likeness (QED) is 0.439. The second-order valence-corrected chi connectivity index (χ2v) is 5.64. The summed E-state index contributed by atoms with van der Waals surface area (Å²) in [4.78, 5) is 21.2. The molecule has 0 spiro atoms.